The first-order chi connectivity index (χ1) is 7.65. The second-order valence-electron chi connectivity index (χ2n) is 4.02. The molecule has 0 aromatic carbocycles. The Balaban J connectivity index is 2.58. The van der Waals surface area contributed by atoms with Gasteiger partial charge in [0.2, 0.25) is 6.54 Å². The van der Waals surface area contributed by atoms with E-state index in [1.807, 2.05) is 6.08 Å². The second-order valence-corrected chi connectivity index (χ2v) is 4.02. The number of esters is 1. The molecule has 0 radical (unpaired) electrons. The van der Waals surface area contributed by atoms with Crippen LogP contribution in [0.2, 0.25) is 0 Å². The van der Waals surface area contributed by atoms with Crippen LogP contribution in [0.1, 0.15) is 25.7 Å². The van der Waals surface area contributed by atoms with E-state index in [1.165, 1.54) is 7.11 Å². The van der Waals surface area contributed by atoms with Crippen molar-refractivity contribution in [3.8, 4) is 0 Å². The molecule has 0 aliphatic heterocycles. The van der Waals surface area contributed by atoms with Crippen LogP contribution in [-0.2, 0) is 9.53 Å². The summed E-state index contributed by atoms with van der Waals surface area (Å²) in [5.74, 6) is -0.458. The molecule has 0 spiro atoms. The monoisotopic (exact) mass is 227 g/mol. The average molecular weight is 227 g/mol. The Hall–Kier alpha value is -1.39. The van der Waals surface area contributed by atoms with Gasteiger partial charge in [-0.1, -0.05) is 12.2 Å². The summed E-state index contributed by atoms with van der Waals surface area (Å²) in [5, 5.41) is 10.3. The highest BCUT2D eigenvalue weighted by molar-refractivity contribution is 5.72. The van der Waals surface area contributed by atoms with E-state index >= 15 is 0 Å². The zero-order chi connectivity index (χ0) is 12.0. The molecule has 1 aliphatic carbocycles. The van der Waals surface area contributed by atoms with Gasteiger partial charge in [0.15, 0.2) is 0 Å². The van der Waals surface area contributed by atoms with Crippen LogP contribution in [0.5, 0.6) is 0 Å². The number of allylic oxidation sites excluding steroid dienone is 2. The summed E-state index contributed by atoms with van der Waals surface area (Å²) in [6, 6.07) is 0. The maximum Gasteiger partial charge on any atom is 0.309 e. The van der Waals surface area contributed by atoms with Gasteiger partial charge in [-0.15, -0.1) is 0 Å². The lowest BCUT2D eigenvalue weighted by Gasteiger charge is -2.24. The van der Waals surface area contributed by atoms with Crippen LogP contribution in [0.4, 0.5) is 0 Å². The molecule has 0 saturated heterocycles. The zero-order valence-electron chi connectivity index (χ0n) is 9.43. The number of carbonyl (C=O) groups excluding carboxylic acids is 1. The molecule has 0 amide bonds. The number of hydrogen-bond acceptors (Lipinski definition) is 4. The van der Waals surface area contributed by atoms with Gasteiger partial charge in [-0.25, -0.2) is 0 Å². The first kappa shape index (κ1) is 12.7. The van der Waals surface area contributed by atoms with Crippen molar-refractivity contribution in [1.82, 2.24) is 0 Å². The smallest absolute Gasteiger partial charge is 0.309 e. The Morgan fingerprint density at radius 2 is 2.38 bits per heavy atom. The highest BCUT2D eigenvalue weighted by Crippen LogP contribution is 2.29. The van der Waals surface area contributed by atoms with E-state index in [1.54, 1.807) is 0 Å². The van der Waals surface area contributed by atoms with Crippen LogP contribution < -0.4 is 0 Å². The minimum absolute atomic E-state index is 0.167. The summed E-state index contributed by atoms with van der Waals surface area (Å²) in [7, 11) is 1.33. The topological polar surface area (TPSA) is 69.4 Å². The van der Waals surface area contributed by atoms with Crippen molar-refractivity contribution in [2.24, 2.45) is 11.8 Å². The maximum absolute atomic E-state index is 11.6. The van der Waals surface area contributed by atoms with Crippen molar-refractivity contribution < 1.29 is 14.5 Å². The largest absolute Gasteiger partial charge is 0.469 e. The lowest BCUT2D eigenvalue weighted by molar-refractivity contribution is -0.481. The summed E-state index contributed by atoms with van der Waals surface area (Å²) >= 11 is 0. The fourth-order valence-corrected chi connectivity index (χ4v) is 2.12. The highest BCUT2D eigenvalue weighted by Gasteiger charge is 2.30. The van der Waals surface area contributed by atoms with E-state index in [0.29, 0.717) is 0 Å². The van der Waals surface area contributed by atoms with Crippen LogP contribution in [-0.4, -0.2) is 24.5 Å². The standard InChI is InChI=1S/C11H17NO4/c1-16-11(13)10(7-8-12(14)15)9-5-3-2-4-6-9/h2-3,9-10H,4-8H2,1H3. The molecular weight excluding hydrogens is 210 g/mol. The number of ether oxygens (including phenoxy) is 1. The molecule has 5 heteroatoms. The highest BCUT2D eigenvalue weighted by atomic mass is 16.6. The molecule has 0 saturated carbocycles. The molecule has 0 N–H and O–H groups in total. The molecule has 0 aromatic rings. The molecule has 0 fully saturated rings. The zero-order valence-corrected chi connectivity index (χ0v) is 9.43. The summed E-state index contributed by atoms with van der Waals surface area (Å²) in [6.45, 7) is -0.167. The van der Waals surface area contributed by atoms with Crippen molar-refractivity contribution in [3.05, 3.63) is 22.3 Å². The third kappa shape index (κ3) is 3.64. The molecule has 2 unspecified atom stereocenters. The molecule has 2 atom stereocenters. The number of methoxy groups -OCH3 is 1. The summed E-state index contributed by atoms with van der Waals surface area (Å²) < 4.78 is 4.71. The number of carbonyl (C=O) groups is 1. The molecule has 0 bridgehead atoms. The third-order valence-electron chi connectivity index (χ3n) is 3.01. The maximum atomic E-state index is 11.6. The second kappa shape index (κ2) is 6.25. The van der Waals surface area contributed by atoms with Gasteiger partial charge < -0.3 is 4.74 Å². The van der Waals surface area contributed by atoms with E-state index in [-0.39, 0.29) is 35.7 Å². The molecule has 0 heterocycles. The SMILES string of the molecule is COC(=O)C(CC[N+](=O)[O-])C1CC=CCC1. The van der Waals surface area contributed by atoms with Crippen LogP contribution >= 0.6 is 0 Å². The van der Waals surface area contributed by atoms with Crippen molar-refractivity contribution in [3.63, 3.8) is 0 Å². The van der Waals surface area contributed by atoms with Crippen LogP contribution in [0.25, 0.3) is 0 Å². The van der Waals surface area contributed by atoms with Crippen molar-refractivity contribution in [2.45, 2.75) is 25.7 Å². The Bertz CT molecular complexity index is 288. The van der Waals surface area contributed by atoms with Gasteiger partial charge in [-0.3, -0.25) is 14.9 Å². The van der Waals surface area contributed by atoms with Crippen molar-refractivity contribution in [2.75, 3.05) is 13.7 Å². The van der Waals surface area contributed by atoms with E-state index in [4.69, 9.17) is 4.74 Å². The van der Waals surface area contributed by atoms with Gasteiger partial charge >= 0.3 is 5.97 Å². The van der Waals surface area contributed by atoms with Crippen LogP contribution in [0.3, 0.4) is 0 Å². The van der Waals surface area contributed by atoms with Gasteiger partial charge in [0.25, 0.3) is 0 Å². The Labute approximate surface area is 94.6 Å². The fraction of sp³-hybridized carbons (Fsp3) is 0.727. The molecule has 5 nitrogen and oxygen atoms in total. The van der Waals surface area contributed by atoms with Crippen LogP contribution in [0.15, 0.2) is 12.2 Å². The van der Waals surface area contributed by atoms with E-state index in [9.17, 15) is 14.9 Å². The Morgan fingerprint density at radius 3 is 2.88 bits per heavy atom. The lowest BCUT2D eigenvalue weighted by atomic mass is 9.81. The van der Waals surface area contributed by atoms with E-state index < -0.39 is 0 Å². The minimum atomic E-state index is -0.380. The average Bonchev–Trinajstić information content (AvgIpc) is 2.30. The van der Waals surface area contributed by atoms with E-state index in [0.717, 1.165) is 19.3 Å². The van der Waals surface area contributed by atoms with Crippen molar-refractivity contribution in [1.29, 1.82) is 0 Å². The van der Waals surface area contributed by atoms with Gasteiger partial charge in [0.1, 0.15) is 0 Å². The predicted octanol–water partition coefficient (Wildman–Crippen LogP) is 1.80. The quantitative estimate of drug-likeness (QED) is 0.311. The van der Waals surface area contributed by atoms with E-state index in [2.05, 4.69) is 6.08 Å². The number of nitrogens with zero attached hydrogens (tertiary/aromatic N) is 1. The number of hydrogen-bond donors (Lipinski definition) is 0. The molecule has 90 valence electrons. The van der Waals surface area contributed by atoms with Gasteiger partial charge in [-0.05, 0) is 25.2 Å². The molecule has 1 rings (SSSR count). The summed E-state index contributed by atoms with van der Waals surface area (Å²) in [6.07, 6.45) is 7.06. The molecule has 16 heavy (non-hydrogen) atoms. The molecule has 0 aromatic heterocycles. The summed E-state index contributed by atoms with van der Waals surface area (Å²) in [4.78, 5) is 21.5. The fourth-order valence-electron chi connectivity index (χ4n) is 2.12. The Morgan fingerprint density at radius 1 is 1.62 bits per heavy atom. The summed E-state index contributed by atoms with van der Waals surface area (Å²) in [5.41, 5.74) is 0. The predicted molar refractivity (Wildman–Crippen MR) is 58.5 cm³/mol. The first-order valence-electron chi connectivity index (χ1n) is 5.49. The Kier molecular flexibility index (Phi) is 4.95. The van der Waals surface area contributed by atoms with Gasteiger partial charge in [-0.2, -0.15) is 0 Å². The molecular formula is C11H17NO4. The normalized spacial score (nSPS) is 21.4. The van der Waals surface area contributed by atoms with Gasteiger partial charge in [0.05, 0.1) is 13.0 Å². The number of nitro groups is 1. The molecule has 1 aliphatic rings. The van der Waals surface area contributed by atoms with Crippen LogP contribution in [0, 0.1) is 22.0 Å². The van der Waals surface area contributed by atoms with Crippen molar-refractivity contribution >= 4 is 5.97 Å². The van der Waals surface area contributed by atoms with Gasteiger partial charge in [0, 0.05) is 11.3 Å². The first-order valence-corrected chi connectivity index (χ1v) is 5.49. The lowest BCUT2D eigenvalue weighted by Crippen LogP contribution is -2.28. The minimum Gasteiger partial charge on any atom is -0.469 e. The number of rotatable bonds is 5. The third-order valence-corrected chi connectivity index (χ3v) is 3.01.